The summed E-state index contributed by atoms with van der Waals surface area (Å²) in [6, 6.07) is 9.33. The van der Waals surface area contributed by atoms with Crippen LogP contribution in [0.1, 0.15) is 37.6 Å². The van der Waals surface area contributed by atoms with Gasteiger partial charge in [0.15, 0.2) is 14.1 Å². The van der Waals surface area contributed by atoms with Gasteiger partial charge in [0.05, 0.1) is 0 Å². The van der Waals surface area contributed by atoms with E-state index in [4.69, 9.17) is 4.43 Å². The normalized spacial score (nSPS) is 12.8. The Kier molecular flexibility index (Phi) is 5.90. The Labute approximate surface area is 124 Å². The lowest BCUT2D eigenvalue weighted by Crippen LogP contribution is -2.40. The molecule has 1 aromatic rings. The molecule has 0 aliphatic rings. The lowest BCUT2D eigenvalue weighted by atomic mass is 10.1. The van der Waals surface area contributed by atoms with Crippen molar-refractivity contribution in [1.82, 2.24) is 0 Å². The molecule has 20 heavy (non-hydrogen) atoms. The summed E-state index contributed by atoms with van der Waals surface area (Å²) in [4.78, 5) is 11.8. The Hall–Kier alpha value is -1.19. The summed E-state index contributed by atoms with van der Waals surface area (Å²) in [5, 5.41) is 0.233. The molecule has 0 saturated heterocycles. The maximum Gasteiger partial charge on any atom is 0.191 e. The number of allylic oxidation sites excluding steroid dienone is 1. The van der Waals surface area contributed by atoms with E-state index in [0.717, 1.165) is 12.0 Å². The molecule has 0 aliphatic carbocycles. The maximum atomic E-state index is 11.8. The summed E-state index contributed by atoms with van der Waals surface area (Å²) in [5.74, 6) is 0.0536. The Bertz CT molecular complexity index is 456. The number of carbonyl (C=O) groups excluding carboxylic acids is 1. The van der Waals surface area contributed by atoms with E-state index in [1.807, 2.05) is 36.4 Å². The van der Waals surface area contributed by atoms with E-state index >= 15 is 0 Å². The summed E-state index contributed by atoms with van der Waals surface area (Å²) in [6.07, 6.45) is 4.33. The molecule has 0 fully saturated rings. The second kappa shape index (κ2) is 7.00. The van der Waals surface area contributed by atoms with Crippen molar-refractivity contribution in [2.24, 2.45) is 0 Å². The average molecular weight is 290 g/mol. The quantitative estimate of drug-likeness (QED) is 0.324. The second-order valence-electron chi connectivity index (χ2n) is 6.53. The van der Waals surface area contributed by atoms with Crippen LogP contribution in [0.3, 0.4) is 0 Å². The number of rotatable bonds is 6. The van der Waals surface area contributed by atoms with Gasteiger partial charge < -0.3 is 4.43 Å². The van der Waals surface area contributed by atoms with Crippen LogP contribution in [0.4, 0.5) is 0 Å². The van der Waals surface area contributed by atoms with Gasteiger partial charge in [-0.25, -0.2) is 0 Å². The van der Waals surface area contributed by atoms with Crippen LogP contribution in [0.15, 0.2) is 42.5 Å². The number of hydrogen-bond donors (Lipinski definition) is 0. The molecule has 1 aromatic carbocycles. The third-order valence-corrected chi connectivity index (χ3v) is 8.42. The summed E-state index contributed by atoms with van der Waals surface area (Å²) >= 11 is 0. The standard InChI is InChI=1S/C17H26O2Si/c1-17(2,3)20(4,5)19-14-10-9-13-16(18)15-11-7-6-8-12-15/h6-9,11-13H,10,14H2,1-5H3/b13-9+. The van der Waals surface area contributed by atoms with E-state index in [0.29, 0.717) is 6.61 Å². The first-order valence-electron chi connectivity index (χ1n) is 7.14. The molecule has 2 nitrogen and oxygen atoms in total. The molecule has 0 N–H and O–H groups in total. The number of ketones is 1. The monoisotopic (exact) mass is 290 g/mol. The van der Waals surface area contributed by atoms with E-state index < -0.39 is 8.32 Å². The van der Waals surface area contributed by atoms with Crippen LogP contribution in [0.2, 0.25) is 18.1 Å². The van der Waals surface area contributed by atoms with E-state index in [9.17, 15) is 4.79 Å². The molecule has 0 spiro atoms. The molecular weight excluding hydrogens is 264 g/mol. The first-order valence-corrected chi connectivity index (χ1v) is 10.0. The predicted octanol–water partition coefficient (Wildman–Crippen LogP) is 4.84. The largest absolute Gasteiger partial charge is 0.417 e. The first kappa shape index (κ1) is 16.9. The molecule has 3 heteroatoms. The molecule has 110 valence electrons. The van der Waals surface area contributed by atoms with Crippen molar-refractivity contribution in [3.05, 3.63) is 48.0 Å². The van der Waals surface area contributed by atoms with Crippen LogP contribution in [-0.2, 0) is 4.43 Å². The highest BCUT2D eigenvalue weighted by molar-refractivity contribution is 6.74. The van der Waals surface area contributed by atoms with Crippen molar-refractivity contribution in [2.75, 3.05) is 6.61 Å². The minimum Gasteiger partial charge on any atom is -0.417 e. The Morgan fingerprint density at radius 3 is 2.35 bits per heavy atom. The van der Waals surface area contributed by atoms with Crippen molar-refractivity contribution in [1.29, 1.82) is 0 Å². The fourth-order valence-corrected chi connectivity index (χ4v) is 2.55. The summed E-state index contributed by atoms with van der Waals surface area (Å²) < 4.78 is 6.06. The molecule has 0 saturated carbocycles. The Morgan fingerprint density at radius 1 is 1.20 bits per heavy atom. The Balaban J connectivity index is 2.38. The maximum absolute atomic E-state index is 11.8. The minimum atomic E-state index is -1.66. The van der Waals surface area contributed by atoms with Gasteiger partial charge in [-0.2, -0.15) is 0 Å². The van der Waals surface area contributed by atoms with Gasteiger partial charge in [0.2, 0.25) is 0 Å². The third-order valence-electron chi connectivity index (χ3n) is 3.88. The molecule has 0 radical (unpaired) electrons. The lowest BCUT2D eigenvalue weighted by Gasteiger charge is -2.36. The highest BCUT2D eigenvalue weighted by Crippen LogP contribution is 2.36. The fraction of sp³-hybridized carbons (Fsp3) is 0.471. The first-order chi connectivity index (χ1) is 9.24. The van der Waals surface area contributed by atoms with Crippen molar-refractivity contribution in [2.45, 2.75) is 45.3 Å². The van der Waals surface area contributed by atoms with Gasteiger partial charge in [-0.15, -0.1) is 0 Å². The van der Waals surface area contributed by atoms with E-state index in [2.05, 4.69) is 33.9 Å². The van der Waals surface area contributed by atoms with E-state index in [-0.39, 0.29) is 10.8 Å². The van der Waals surface area contributed by atoms with Gasteiger partial charge in [0.1, 0.15) is 0 Å². The van der Waals surface area contributed by atoms with Gasteiger partial charge in [0.25, 0.3) is 0 Å². The Morgan fingerprint density at radius 2 is 1.80 bits per heavy atom. The molecule has 0 aromatic heterocycles. The second-order valence-corrected chi connectivity index (χ2v) is 11.3. The van der Waals surface area contributed by atoms with Crippen LogP contribution in [0.5, 0.6) is 0 Å². The van der Waals surface area contributed by atoms with Crippen LogP contribution in [0, 0.1) is 0 Å². The zero-order chi connectivity index (χ0) is 15.2. The molecule has 0 unspecified atom stereocenters. The number of hydrogen-bond acceptors (Lipinski definition) is 2. The van der Waals surface area contributed by atoms with Gasteiger partial charge in [-0.3, -0.25) is 4.79 Å². The van der Waals surface area contributed by atoms with Crippen molar-refractivity contribution in [3.8, 4) is 0 Å². The average Bonchev–Trinajstić information content (AvgIpc) is 2.37. The van der Waals surface area contributed by atoms with Crippen LogP contribution in [0.25, 0.3) is 0 Å². The summed E-state index contributed by atoms with van der Waals surface area (Å²) in [6.45, 7) is 11.9. The highest BCUT2D eigenvalue weighted by Gasteiger charge is 2.36. The molecule has 1 rings (SSSR count). The van der Waals surface area contributed by atoms with E-state index in [1.54, 1.807) is 6.08 Å². The van der Waals surface area contributed by atoms with Gasteiger partial charge in [-0.05, 0) is 30.6 Å². The molecule has 0 bridgehead atoms. The van der Waals surface area contributed by atoms with Crippen molar-refractivity contribution in [3.63, 3.8) is 0 Å². The van der Waals surface area contributed by atoms with Crippen molar-refractivity contribution < 1.29 is 9.22 Å². The topological polar surface area (TPSA) is 26.3 Å². The fourth-order valence-electron chi connectivity index (χ4n) is 1.49. The summed E-state index contributed by atoms with van der Waals surface area (Å²) in [7, 11) is -1.66. The van der Waals surface area contributed by atoms with Crippen LogP contribution in [-0.4, -0.2) is 20.7 Å². The third kappa shape index (κ3) is 5.06. The predicted molar refractivity (Wildman–Crippen MR) is 87.7 cm³/mol. The molecular formula is C17H26O2Si. The van der Waals surface area contributed by atoms with E-state index in [1.165, 1.54) is 0 Å². The summed E-state index contributed by atoms with van der Waals surface area (Å²) in [5.41, 5.74) is 0.731. The number of carbonyl (C=O) groups is 1. The highest BCUT2D eigenvalue weighted by atomic mass is 28.4. The van der Waals surface area contributed by atoms with Crippen LogP contribution < -0.4 is 0 Å². The lowest BCUT2D eigenvalue weighted by molar-refractivity contribution is 0.104. The van der Waals surface area contributed by atoms with Gasteiger partial charge in [-0.1, -0.05) is 57.2 Å². The molecule has 0 atom stereocenters. The SMILES string of the molecule is CC(C)(C)[Si](C)(C)OCC/C=C/C(=O)c1ccccc1. The molecule has 0 aliphatic heterocycles. The van der Waals surface area contributed by atoms with Crippen LogP contribution >= 0.6 is 0 Å². The minimum absolute atomic E-state index is 0.0536. The van der Waals surface area contributed by atoms with Gasteiger partial charge in [0, 0.05) is 12.2 Å². The molecule has 0 heterocycles. The number of benzene rings is 1. The zero-order valence-corrected chi connectivity index (χ0v) is 14.3. The molecule has 0 amide bonds. The van der Waals surface area contributed by atoms with Crippen molar-refractivity contribution >= 4 is 14.1 Å². The van der Waals surface area contributed by atoms with Gasteiger partial charge >= 0.3 is 0 Å². The smallest absolute Gasteiger partial charge is 0.191 e. The zero-order valence-electron chi connectivity index (χ0n) is 13.3.